The van der Waals surface area contributed by atoms with Gasteiger partial charge in [-0.15, -0.1) is 0 Å². The molecule has 142 valence electrons. The Morgan fingerprint density at radius 2 is 1.18 bits per heavy atom. The molecule has 0 unspecified atom stereocenters. The first-order valence-electron chi connectivity index (χ1n) is 9.92. The second kappa shape index (κ2) is 7.89. The lowest BCUT2D eigenvalue weighted by atomic mass is 9.74. The Morgan fingerprint density at radius 3 is 1.64 bits per heavy atom. The van der Waals surface area contributed by atoms with Crippen LogP contribution in [0.1, 0.15) is 25.3 Å². The lowest BCUT2D eigenvalue weighted by Crippen LogP contribution is -2.48. The molecule has 0 aromatic heterocycles. The van der Waals surface area contributed by atoms with Crippen LogP contribution in [0.2, 0.25) is 0 Å². The average Bonchev–Trinajstić information content (AvgIpc) is 2.76. The van der Waals surface area contributed by atoms with E-state index in [1.807, 2.05) is 70.5 Å². The number of para-hydroxylation sites is 2. The standard InChI is InChI=1S/C25H26N2O/c1-25(21-11-5-2-6-12-21)17-19-26(20-18-25)24(28)27(22-13-7-3-8-14-22)23-15-9-4-10-16-23/h2-16H,17-20H2,1H3. The molecule has 3 heteroatoms. The third-order valence-electron chi connectivity index (χ3n) is 5.83. The van der Waals surface area contributed by atoms with Gasteiger partial charge in [0.15, 0.2) is 0 Å². The molecular formula is C25H26N2O. The summed E-state index contributed by atoms with van der Waals surface area (Å²) in [5.74, 6) is 0. The molecular weight excluding hydrogens is 344 g/mol. The number of likely N-dealkylation sites (tertiary alicyclic amines) is 1. The van der Waals surface area contributed by atoms with Gasteiger partial charge in [0.1, 0.15) is 0 Å². The third-order valence-corrected chi connectivity index (χ3v) is 5.83. The van der Waals surface area contributed by atoms with E-state index in [2.05, 4.69) is 37.3 Å². The molecule has 4 rings (SSSR count). The number of anilines is 2. The number of piperidine rings is 1. The van der Waals surface area contributed by atoms with Crippen molar-refractivity contribution in [1.29, 1.82) is 0 Å². The van der Waals surface area contributed by atoms with Crippen molar-refractivity contribution in [2.24, 2.45) is 0 Å². The Balaban J connectivity index is 1.56. The minimum atomic E-state index is 0.0486. The van der Waals surface area contributed by atoms with Crippen molar-refractivity contribution < 1.29 is 4.79 Å². The van der Waals surface area contributed by atoms with E-state index >= 15 is 0 Å². The normalized spacial score (nSPS) is 15.8. The van der Waals surface area contributed by atoms with Crippen LogP contribution in [-0.4, -0.2) is 24.0 Å². The van der Waals surface area contributed by atoms with Crippen LogP contribution in [0.4, 0.5) is 16.2 Å². The molecule has 28 heavy (non-hydrogen) atoms. The predicted molar refractivity (Wildman–Crippen MR) is 115 cm³/mol. The van der Waals surface area contributed by atoms with Crippen molar-refractivity contribution in [2.45, 2.75) is 25.2 Å². The molecule has 1 aliphatic heterocycles. The molecule has 1 fully saturated rings. The summed E-state index contributed by atoms with van der Waals surface area (Å²) in [6, 6.07) is 30.5. The van der Waals surface area contributed by atoms with Gasteiger partial charge in [0, 0.05) is 13.1 Å². The number of benzene rings is 3. The van der Waals surface area contributed by atoms with Crippen molar-refractivity contribution in [2.75, 3.05) is 18.0 Å². The predicted octanol–water partition coefficient (Wildman–Crippen LogP) is 6.00. The summed E-state index contributed by atoms with van der Waals surface area (Å²) < 4.78 is 0. The van der Waals surface area contributed by atoms with Crippen LogP contribution < -0.4 is 4.90 Å². The van der Waals surface area contributed by atoms with E-state index in [1.54, 1.807) is 0 Å². The highest BCUT2D eigenvalue weighted by Gasteiger charge is 2.35. The summed E-state index contributed by atoms with van der Waals surface area (Å²) >= 11 is 0. The summed E-state index contributed by atoms with van der Waals surface area (Å²) in [5.41, 5.74) is 3.29. The molecule has 0 saturated carbocycles. The highest BCUT2D eigenvalue weighted by Crippen LogP contribution is 2.36. The van der Waals surface area contributed by atoms with Crippen LogP contribution in [0.25, 0.3) is 0 Å². The zero-order chi connectivity index (χ0) is 19.4. The molecule has 3 nitrogen and oxygen atoms in total. The maximum atomic E-state index is 13.5. The maximum Gasteiger partial charge on any atom is 0.329 e. The molecule has 1 saturated heterocycles. The van der Waals surface area contributed by atoms with Crippen molar-refractivity contribution in [3.63, 3.8) is 0 Å². The zero-order valence-electron chi connectivity index (χ0n) is 16.3. The van der Waals surface area contributed by atoms with E-state index in [1.165, 1.54) is 5.56 Å². The van der Waals surface area contributed by atoms with E-state index in [-0.39, 0.29) is 11.4 Å². The quantitative estimate of drug-likeness (QED) is 0.555. The monoisotopic (exact) mass is 370 g/mol. The van der Waals surface area contributed by atoms with Gasteiger partial charge in [-0.25, -0.2) is 4.79 Å². The van der Waals surface area contributed by atoms with Crippen molar-refractivity contribution >= 4 is 17.4 Å². The van der Waals surface area contributed by atoms with Gasteiger partial charge in [0.05, 0.1) is 11.4 Å². The zero-order valence-corrected chi connectivity index (χ0v) is 16.3. The Bertz CT molecular complexity index is 862. The van der Waals surface area contributed by atoms with E-state index in [0.29, 0.717) is 0 Å². The molecule has 0 aliphatic carbocycles. The molecule has 0 radical (unpaired) electrons. The summed E-state index contributed by atoms with van der Waals surface area (Å²) in [6.45, 7) is 3.84. The van der Waals surface area contributed by atoms with Crippen LogP contribution in [0, 0.1) is 0 Å². The Morgan fingerprint density at radius 1 is 0.750 bits per heavy atom. The van der Waals surface area contributed by atoms with Crippen LogP contribution in [-0.2, 0) is 5.41 Å². The van der Waals surface area contributed by atoms with Crippen LogP contribution in [0.3, 0.4) is 0 Å². The fourth-order valence-corrected chi connectivity index (χ4v) is 3.99. The molecule has 0 spiro atoms. The third kappa shape index (κ3) is 3.65. The second-order valence-corrected chi connectivity index (χ2v) is 7.70. The van der Waals surface area contributed by atoms with E-state index in [0.717, 1.165) is 37.3 Å². The molecule has 1 aliphatic rings. The largest absolute Gasteiger partial charge is 0.329 e. The first-order chi connectivity index (χ1) is 13.7. The van der Waals surface area contributed by atoms with E-state index in [4.69, 9.17) is 0 Å². The SMILES string of the molecule is CC1(c2ccccc2)CCN(C(=O)N(c2ccccc2)c2ccccc2)CC1. The molecule has 0 atom stereocenters. The number of carbonyl (C=O) groups is 1. The summed E-state index contributed by atoms with van der Waals surface area (Å²) in [7, 11) is 0. The molecule has 3 aromatic carbocycles. The Hall–Kier alpha value is -3.07. The number of hydrogen-bond donors (Lipinski definition) is 0. The highest BCUT2D eigenvalue weighted by molar-refractivity contribution is 5.99. The lowest BCUT2D eigenvalue weighted by Gasteiger charge is -2.41. The fraction of sp³-hybridized carbons (Fsp3) is 0.240. The van der Waals surface area contributed by atoms with Gasteiger partial charge < -0.3 is 4.90 Å². The van der Waals surface area contributed by atoms with Gasteiger partial charge in [-0.2, -0.15) is 0 Å². The van der Waals surface area contributed by atoms with Gasteiger partial charge in [0.25, 0.3) is 0 Å². The summed E-state index contributed by atoms with van der Waals surface area (Å²) in [6.07, 6.45) is 1.94. The molecule has 3 aromatic rings. The average molecular weight is 370 g/mol. The number of nitrogens with zero attached hydrogens (tertiary/aromatic N) is 2. The van der Waals surface area contributed by atoms with E-state index in [9.17, 15) is 4.79 Å². The fourth-order valence-electron chi connectivity index (χ4n) is 3.99. The first kappa shape index (κ1) is 18.3. The Kier molecular flexibility index (Phi) is 5.16. The van der Waals surface area contributed by atoms with Crippen LogP contribution >= 0.6 is 0 Å². The van der Waals surface area contributed by atoms with Gasteiger partial charge in [-0.1, -0.05) is 73.7 Å². The molecule has 1 heterocycles. The van der Waals surface area contributed by atoms with Crippen molar-refractivity contribution in [3.8, 4) is 0 Å². The number of urea groups is 1. The number of rotatable bonds is 3. The van der Waals surface area contributed by atoms with E-state index < -0.39 is 0 Å². The number of hydrogen-bond acceptors (Lipinski definition) is 1. The Labute approximate surface area is 167 Å². The number of amides is 2. The second-order valence-electron chi connectivity index (χ2n) is 7.70. The first-order valence-corrected chi connectivity index (χ1v) is 9.92. The van der Waals surface area contributed by atoms with Crippen LogP contribution in [0.5, 0.6) is 0 Å². The van der Waals surface area contributed by atoms with Crippen molar-refractivity contribution in [1.82, 2.24) is 4.90 Å². The van der Waals surface area contributed by atoms with Crippen molar-refractivity contribution in [3.05, 3.63) is 96.6 Å². The number of carbonyl (C=O) groups excluding carboxylic acids is 1. The van der Waals surface area contributed by atoms with Gasteiger partial charge in [-0.3, -0.25) is 4.90 Å². The topological polar surface area (TPSA) is 23.6 Å². The summed E-state index contributed by atoms with van der Waals surface area (Å²) in [4.78, 5) is 17.3. The minimum Gasteiger partial charge on any atom is -0.324 e. The summed E-state index contributed by atoms with van der Waals surface area (Å²) in [5, 5.41) is 0. The molecule has 2 amide bonds. The highest BCUT2D eigenvalue weighted by atomic mass is 16.2. The molecule has 0 N–H and O–H groups in total. The lowest BCUT2D eigenvalue weighted by molar-refractivity contribution is 0.170. The molecule has 0 bridgehead atoms. The van der Waals surface area contributed by atoms with Gasteiger partial charge >= 0.3 is 6.03 Å². The van der Waals surface area contributed by atoms with Gasteiger partial charge in [-0.05, 0) is 48.1 Å². The maximum absolute atomic E-state index is 13.5. The smallest absolute Gasteiger partial charge is 0.324 e. The van der Waals surface area contributed by atoms with Crippen LogP contribution in [0.15, 0.2) is 91.0 Å². The van der Waals surface area contributed by atoms with Gasteiger partial charge in [0.2, 0.25) is 0 Å². The minimum absolute atomic E-state index is 0.0486.